The highest BCUT2D eigenvalue weighted by Crippen LogP contribution is 2.23. The highest BCUT2D eigenvalue weighted by molar-refractivity contribution is 7.91. The minimum absolute atomic E-state index is 0.0351. The van der Waals surface area contributed by atoms with E-state index in [0.717, 1.165) is 11.3 Å². The Balaban J connectivity index is 2.08. The van der Waals surface area contributed by atoms with E-state index in [4.69, 9.17) is 0 Å². The minimum atomic E-state index is -2.86. The van der Waals surface area contributed by atoms with Crippen LogP contribution < -0.4 is 5.32 Å². The largest absolute Gasteiger partial charge is 0.508 e. The maximum absolute atomic E-state index is 11.3. The summed E-state index contributed by atoms with van der Waals surface area (Å²) in [6.45, 7) is 1.82. The van der Waals surface area contributed by atoms with Gasteiger partial charge in [-0.05, 0) is 25.0 Å². The van der Waals surface area contributed by atoms with Crippen molar-refractivity contribution in [3.8, 4) is 5.75 Å². The van der Waals surface area contributed by atoms with Gasteiger partial charge in [0.1, 0.15) is 5.75 Å². The molecule has 0 bridgehead atoms. The van der Waals surface area contributed by atoms with Crippen LogP contribution in [0.25, 0.3) is 0 Å². The third-order valence-electron chi connectivity index (χ3n) is 2.81. The summed E-state index contributed by atoms with van der Waals surface area (Å²) in [6.07, 6.45) is 0.636. The van der Waals surface area contributed by atoms with Crippen LogP contribution in [0.4, 0.5) is 5.69 Å². The molecular formula is C11H15NO3S. The number of hydrogen-bond acceptors (Lipinski definition) is 4. The second kappa shape index (κ2) is 3.97. The lowest BCUT2D eigenvalue weighted by Gasteiger charge is -2.13. The molecule has 1 aliphatic heterocycles. The first kappa shape index (κ1) is 11.3. The Hall–Kier alpha value is -1.23. The van der Waals surface area contributed by atoms with Crippen molar-refractivity contribution in [3.63, 3.8) is 0 Å². The van der Waals surface area contributed by atoms with Crippen molar-refractivity contribution in [1.82, 2.24) is 0 Å². The van der Waals surface area contributed by atoms with Gasteiger partial charge in [-0.25, -0.2) is 8.42 Å². The van der Waals surface area contributed by atoms with Crippen molar-refractivity contribution in [2.75, 3.05) is 16.8 Å². The van der Waals surface area contributed by atoms with Crippen molar-refractivity contribution in [2.24, 2.45) is 0 Å². The molecule has 1 unspecified atom stereocenters. The molecule has 88 valence electrons. The highest BCUT2D eigenvalue weighted by Gasteiger charge is 2.27. The molecule has 0 radical (unpaired) electrons. The molecule has 0 aromatic heterocycles. The number of aryl methyl sites for hydroxylation is 1. The van der Waals surface area contributed by atoms with Gasteiger partial charge in [0.25, 0.3) is 0 Å². The number of sulfone groups is 1. The van der Waals surface area contributed by atoms with Crippen molar-refractivity contribution in [2.45, 2.75) is 19.4 Å². The maximum Gasteiger partial charge on any atom is 0.152 e. The Morgan fingerprint density at radius 1 is 1.44 bits per heavy atom. The van der Waals surface area contributed by atoms with Crippen LogP contribution in [0.5, 0.6) is 5.75 Å². The predicted molar refractivity (Wildman–Crippen MR) is 63.5 cm³/mol. The summed E-state index contributed by atoms with van der Waals surface area (Å²) >= 11 is 0. The topological polar surface area (TPSA) is 66.4 Å². The standard InChI is InChI=1S/C11H15NO3S/c1-8-2-3-9(6-11(8)13)12-10-4-5-16(14,15)7-10/h2-3,6,10,12-13H,4-5,7H2,1H3. The van der Waals surface area contributed by atoms with Gasteiger partial charge in [-0.15, -0.1) is 0 Å². The average Bonchev–Trinajstić information content (AvgIpc) is 2.52. The molecule has 4 nitrogen and oxygen atoms in total. The summed E-state index contributed by atoms with van der Waals surface area (Å²) in [5, 5.41) is 12.6. The summed E-state index contributed by atoms with van der Waals surface area (Å²) < 4.78 is 22.5. The van der Waals surface area contributed by atoms with E-state index in [1.165, 1.54) is 0 Å². The number of anilines is 1. The van der Waals surface area contributed by atoms with Gasteiger partial charge >= 0.3 is 0 Å². The first-order chi connectivity index (χ1) is 7.46. The van der Waals surface area contributed by atoms with E-state index < -0.39 is 9.84 Å². The number of rotatable bonds is 2. The van der Waals surface area contributed by atoms with Gasteiger partial charge in [0.15, 0.2) is 9.84 Å². The first-order valence-electron chi connectivity index (χ1n) is 5.23. The Bertz CT molecular complexity index is 496. The monoisotopic (exact) mass is 241 g/mol. The Kier molecular flexibility index (Phi) is 2.80. The highest BCUT2D eigenvalue weighted by atomic mass is 32.2. The van der Waals surface area contributed by atoms with Crippen LogP contribution in [0.15, 0.2) is 18.2 Å². The number of phenolic OH excluding ortho intramolecular Hbond substituents is 1. The van der Waals surface area contributed by atoms with E-state index in [1.807, 2.05) is 13.0 Å². The lowest BCUT2D eigenvalue weighted by molar-refractivity contribution is 0.471. The number of hydrogen-bond donors (Lipinski definition) is 2. The Morgan fingerprint density at radius 2 is 2.19 bits per heavy atom. The molecule has 16 heavy (non-hydrogen) atoms. The summed E-state index contributed by atoms with van der Waals surface area (Å²) in [6, 6.07) is 5.24. The number of phenols is 1. The van der Waals surface area contributed by atoms with Crippen molar-refractivity contribution < 1.29 is 13.5 Å². The molecule has 5 heteroatoms. The molecule has 1 fully saturated rings. The zero-order chi connectivity index (χ0) is 11.8. The van der Waals surface area contributed by atoms with Gasteiger partial charge < -0.3 is 10.4 Å². The molecule has 0 spiro atoms. The van der Waals surface area contributed by atoms with E-state index in [2.05, 4.69) is 5.32 Å². The van der Waals surface area contributed by atoms with Gasteiger partial charge in [-0.1, -0.05) is 6.07 Å². The van der Waals surface area contributed by atoms with Crippen LogP contribution in [0.2, 0.25) is 0 Å². The number of aromatic hydroxyl groups is 1. The molecule has 2 rings (SSSR count). The Labute approximate surface area is 95.2 Å². The maximum atomic E-state index is 11.3. The molecule has 0 aliphatic carbocycles. The fourth-order valence-corrected chi connectivity index (χ4v) is 3.52. The lowest BCUT2D eigenvalue weighted by Crippen LogP contribution is -2.20. The Morgan fingerprint density at radius 3 is 2.75 bits per heavy atom. The molecule has 1 aromatic rings. The molecule has 2 N–H and O–H groups in total. The fourth-order valence-electron chi connectivity index (χ4n) is 1.84. The van der Waals surface area contributed by atoms with Crippen LogP contribution in [-0.4, -0.2) is 31.1 Å². The summed E-state index contributed by atoms with van der Waals surface area (Å²) in [4.78, 5) is 0. The second-order valence-corrected chi connectivity index (χ2v) is 6.47. The fraction of sp³-hybridized carbons (Fsp3) is 0.455. The van der Waals surface area contributed by atoms with Gasteiger partial charge in [0, 0.05) is 17.8 Å². The van der Waals surface area contributed by atoms with Crippen LogP contribution in [-0.2, 0) is 9.84 Å². The van der Waals surface area contributed by atoms with E-state index in [-0.39, 0.29) is 23.3 Å². The predicted octanol–water partition coefficient (Wildman–Crippen LogP) is 1.30. The molecule has 1 aliphatic rings. The average molecular weight is 241 g/mol. The molecule has 0 amide bonds. The first-order valence-corrected chi connectivity index (χ1v) is 7.05. The minimum Gasteiger partial charge on any atom is -0.508 e. The van der Waals surface area contributed by atoms with Gasteiger partial charge in [-0.3, -0.25) is 0 Å². The smallest absolute Gasteiger partial charge is 0.152 e. The SMILES string of the molecule is Cc1ccc(NC2CCS(=O)(=O)C2)cc1O. The van der Waals surface area contributed by atoms with Crippen molar-refractivity contribution in [1.29, 1.82) is 0 Å². The number of nitrogens with one attached hydrogen (secondary N) is 1. The zero-order valence-corrected chi connectivity index (χ0v) is 9.92. The summed E-state index contributed by atoms with van der Waals surface area (Å²) in [5.41, 5.74) is 1.58. The summed E-state index contributed by atoms with van der Waals surface area (Å²) in [7, 11) is -2.86. The molecule has 1 heterocycles. The van der Waals surface area contributed by atoms with Gasteiger partial charge in [0.2, 0.25) is 0 Å². The zero-order valence-electron chi connectivity index (χ0n) is 9.10. The normalized spacial score (nSPS) is 23.2. The third kappa shape index (κ3) is 2.47. The van der Waals surface area contributed by atoms with Gasteiger partial charge in [-0.2, -0.15) is 0 Å². The third-order valence-corrected chi connectivity index (χ3v) is 4.58. The van der Waals surface area contributed by atoms with Crippen LogP contribution >= 0.6 is 0 Å². The second-order valence-electron chi connectivity index (χ2n) is 4.25. The van der Waals surface area contributed by atoms with E-state index in [1.54, 1.807) is 12.1 Å². The molecule has 1 saturated heterocycles. The van der Waals surface area contributed by atoms with Crippen molar-refractivity contribution in [3.05, 3.63) is 23.8 Å². The molecule has 1 aromatic carbocycles. The quantitative estimate of drug-likeness (QED) is 0.819. The van der Waals surface area contributed by atoms with Crippen molar-refractivity contribution >= 4 is 15.5 Å². The van der Waals surface area contributed by atoms with Crippen LogP contribution in [0, 0.1) is 6.92 Å². The molecular weight excluding hydrogens is 226 g/mol. The molecule has 1 atom stereocenters. The van der Waals surface area contributed by atoms with E-state index in [0.29, 0.717) is 6.42 Å². The lowest BCUT2D eigenvalue weighted by atomic mass is 10.2. The van der Waals surface area contributed by atoms with Crippen LogP contribution in [0.1, 0.15) is 12.0 Å². The van der Waals surface area contributed by atoms with Gasteiger partial charge in [0.05, 0.1) is 11.5 Å². The van der Waals surface area contributed by atoms with Crippen LogP contribution in [0.3, 0.4) is 0 Å². The van der Waals surface area contributed by atoms with E-state index in [9.17, 15) is 13.5 Å². The summed E-state index contributed by atoms with van der Waals surface area (Å²) in [5.74, 6) is 0.662. The molecule has 0 saturated carbocycles. The number of benzene rings is 1. The van der Waals surface area contributed by atoms with E-state index >= 15 is 0 Å².